The van der Waals surface area contributed by atoms with Crippen molar-refractivity contribution in [2.45, 2.75) is 70.7 Å². The second kappa shape index (κ2) is 15.5. The lowest BCUT2D eigenvalue weighted by Gasteiger charge is -2.38. The van der Waals surface area contributed by atoms with Crippen LogP contribution in [-0.2, 0) is 11.2 Å². The molecule has 5 atom stereocenters. The van der Waals surface area contributed by atoms with Crippen molar-refractivity contribution in [1.29, 1.82) is 0 Å². The third-order valence-corrected chi connectivity index (χ3v) is 8.61. The summed E-state index contributed by atoms with van der Waals surface area (Å²) in [6.45, 7) is 10.9. The van der Waals surface area contributed by atoms with Crippen LogP contribution in [-0.4, -0.2) is 102 Å². The first-order valence-electron chi connectivity index (χ1n) is 16.1. The first kappa shape index (κ1) is 34.7. The summed E-state index contributed by atoms with van der Waals surface area (Å²) in [5, 5.41) is 45.7. The predicted octanol–water partition coefficient (Wildman–Crippen LogP) is 2.95. The minimum atomic E-state index is -1.68. The average Bonchev–Trinajstić information content (AvgIpc) is 3.07. The summed E-state index contributed by atoms with van der Waals surface area (Å²) < 4.78 is 29.6. The Bertz CT molecular complexity index is 1590. The number of allylic oxidation sites excluding steroid dienone is 2. The van der Waals surface area contributed by atoms with E-state index in [0.29, 0.717) is 35.7 Å². The molecule has 12 nitrogen and oxygen atoms in total. The van der Waals surface area contributed by atoms with Gasteiger partial charge >= 0.3 is 0 Å². The molecule has 2 aliphatic rings. The number of phenols is 1. The van der Waals surface area contributed by atoms with Gasteiger partial charge in [0.25, 0.3) is 0 Å². The molecule has 3 heterocycles. The molecule has 2 fully saturated rings. The van der Waals surface area contributed by atoms with Crippen LogP contribution in [0.3, 0.4) is 0 Å². The molecule has 5 N–H and O–H groups in total. The van der Waals surface area contributed by atoms with Gasteiger partial charge in [-0.2, -0.15) is 0 Å². The molecule has 256 valence electrons. The fourth-order valence-electron chi connectivity index (χ4n) is 5.81. The molecule has 12 heteroatoms. The molecule has 2 aliphatic heterocycles. The van der Waals surface area contributed by atoms with E-state index < -0.39 is 36.1 Å². The summed E-state index contributed by atoms with van der Waals surface area (Å²) in [5.74, 6) is 0.299. The molecule has 0 bridgehead atoms. The summed E-state index contributed by atoms with van der Waals surface area (Å²) in [6, 6.07) is 8.18. The third-order valence-electron chi connectivity index (χ3n) is 8.61. The van der Waals surface area contributed by atoms with Crippen molar-refractivity contribution >= 4 is 11.0 Å². The van der Waals surface area contributed by atoms with Crippen molar-refractivity contribution in [3.05, 3.63) is 57.8 Å². The molecule has 2 saturated heterocycles. The molecule has 47 heavy (non-hydrogen) atoms. The molecular formula is C35H46N2O10. The number of nitrogens with zero attached hydrogens (tertiary/aromatic N) is 1. The number of benzene rings is 2. The SMILES string of the molecule is COc1ccc(-c2oc3c(CC=C(C)C)c(OCCCCN4CCNCC4)cc(O)c3c(=O)c2O[C@H]2O[C@H](C)[C@@H](O)[C@H](O)[C@@H]2O)cc1. The highest BCUT2D eigenvalue weighted by Crippen LogP contribution is 2.41. The van der Waals surface area contributed by atoms with E-state index in [1.165, 1.54) is 20.1 Å². The van der Waals surface area contributed by atoms with Gasteiger partial charge in [0, 0.05) is 43.4 Å². The van der Waals surface area contributed by atoms with Gasteiger partial charge in [-0.15, -0.1) is 0 Å². The summed E-state index contributed by atoms with van der Waals surface area (Å²) in [6.07, 6.45) is -2.92. The quantitative estimate of drug-likeness (QED) is 0.144. The maximum Gasteiger partial charge on any atom is 0.239 e. The van der Waals surface area contributed by atoms with Crippen LogP contribution in [0.15, 0.2) is 51.2 Å². The van der Waals surface area contributed by atoms with E-state index in [4.69, 9.17) is 23.4 Å². The summed E-state index contributed by atoms with van der Waals surface area (Å²) in [5.41, 5.74) is 1.51. The predicted molar refractivity (Wildman–Crippen MR) is 176 cm³/mol. The van der Waals surface area contributed by atoms with Gasteiger partial charge in [0.15, 0.2) is 5.76 Å². The van der Waals surface area contributed by atoms with Gasteiger partial charge in [-0.25, -0.2) is 0 Å². The zero-order valence-electron chi connectivity index (χ0n) is 27.4. The van der Waals surface area contributed by atoms with Crippen LogP contribution < -0.4 is 25.0 Å². The molecule has 0 aliphatic carbocycles. The second-order valence-electron chi connectivity index (χ2n) is 12.3. The van der Waals surface area contributed by atoms with Crippen molar-refractivity contribution in [3.63, 3.8) is 0 Å². The molecule has 0 unspecified atom stereocenters. The van der Waals surface area contributed by atoms with Gasteiger partial charge in [-0.1, -0.05) is 11.6 Å². The zero-order valence-corrected chi connectivity index (χ0v) is 27.4. The topological polar surface area (TPSA) is 163 Å². The van der Waals surface area contributed by atoms with Crippen LogP contribution in [0, 0.1) is 0 Å². The first-order valence-corrected chi connectivity index (χ1v) is 16.1. The van der Waals surface area contributed by atoms with Crippen LogP contribution in [0.2, 0.25) is 0 Å². The lowest BCUT2D eigenvalue weighted by atomic mass is 10.00. The lowest BCUT2D eigenvalue weighted by molar-refractivity contribution is -0.268. The fraction of sp³-hybridized carbons (Fsp3) is 0.514. The fourth-order valence-corrected chi connectivity index (χ4v) is 5.81. The Labute approximate surface area is 274 Å². The summed E-state index contributed by atoms with van der Waals surface area (Å²) in [4.78, 5) is 16.7. The average molecular weight is 655 g/mol. The molecule has 0 amide bonds. The number of aliphatic hydroxyl groups excluding tert-OH is 3. The van der Waals surface area contributed by atoms with E-state index in [0.717, 1.165) is 51.1 Å². The Kier molecular flexibility index (Phi) is 11.4. The number of ether oxygens (including phenoxy) is 4. The van der Waals surface area contributed by atoms with Gasteiger partial charge in [-0.05, 0) is 70.8 Å². The maximum atomic E-state index is 14.2. The molecule has 0 radical (unpaired) electrons. The highest BCUT2D eigenvalue weighted by Gasteiger charge is 2.44. The highest BCUT2D eigenvalue weighted by molar-refractivity contribution is 5.91. The van der Waals surface area contributed by atoms with Crippen molar-refractivity contribution in [2.75, 3.05) is 46.4 Å². The van der Waals surface area contributed by atoms with Gasteiger partial charge in [0.1, 0.15) is 46.5 Å². The van der Waals surface area contributed by atoms with Crippen molar-refractivity contribution < 1.29 is 43.8 Å². The largest absolute Gasteiger partial charge is 0.507 e. The molecule has 2 aromatic carbocycles. The molecule has 3 aromatic rings. The van der Waals surface area contributed by atoms with E-state index in [1.807, 2.05) is 19.9 Å². The number of phenolic OH excluding ortho intramolecular Hbond substituents is 1. The highest BCUT2D eigenvalue weighted by atomic mass is 16.7. The Morgan fingerprint density at radius 1 is 1.06 bits per heavy atom. The Balaban J connectivity index is 1.56. The molecule has 0 spiro atoms. The van der Waals surface area contributed by atoms with Crippen LogP contribution >= 0.6 is 0 Å². The van der Waals surface area contributed by atoms with Gasteiger partial charge in [0.05, 0.1) is 19.8 Å². The van der Waals surface area contributed by atoms with Crippen LogP contribution in [0.5, 0.6) is 23.0 Å². The number of fused-ring (bicyclic) bond motifs is 1. The van der Waals surface area contributed by atoms with E-state index >= 15 is 0 Å². The normalized spacial score (nSPS) is 23.4. The summed E-state index contributed by atoms with van der Waals surface area (Å²) >= 11 is 0. The number of hydrogen-bond donors (Lipinski definition) is 5. The minimum Gasteiger partial charge on any atom is -0.507 e. The number of hydrogen-bond acceptors (Lipinski definition) is 12. The molecular weight excluding hydrogens is 608 g/mol. The Morgan fingerprint density at radius 3 is 2.47 bits per heavy atom. The third kappa shape index (κ3) is 7.91. The number of nitrogens with one attached hydrogen (secondary N) is 1. The van der Waals surface area contributed by atoms with E-state index in [2.05, 4.69) is 10.2 Å². The van der Waals surface area contributed by atoms with Crippen LogP contribution in [0.1, 0.15) is 39.2 Å². The Hall–Kier alpha value is -3.65. The monoisotopic (exact) mass is 654 g/mol. The molecule has 5 rings (SSSR count). The van der Waals surface area contributed by atoms with Crippen molar-refractivity contribution in [1.82, 2.24) is 10.2 Å². The Morgan fingerprint density at radius 2 is 1.79 bits per heavy atom. The standard InChI is InChI=1S/C35H46N2O10/c1-20(2)7-12-24-26(44-18-6-5-15-37-16-13-36-14-17-37)19-25(38)27-29(40)34(47-35-31(42)30(41)28(39)21(3)45-35)32(46-33(24)27)22-8-10-23(43-4)11-9-22/h7-11,19,21,28,30-31,35-36,38-39,41-42H,5-6,12-18H2,1-4H3/t21-,28-,30+,31+,35-/m1/s1. The second-order valence-corrected chi connectivity index (χ2v) is 12.3. The molecule has 0 saturated carbocycles. The van der Waals surface area contributed by atoms with Crippen molar-refractivity contribution in [2.24, 2.45) is 0 Å². The van der Waals surface area contributed by atoms with E-state index in [1.54, 1.807) is 24.3 Å². The lowest BCUT2D eigenvalue weighted by Crippen LogP contribution is -2.58. The first-order chi connectivity index (χ1) is 22.6. The number of rotatable bonds is 12. The number of aromatic hydroxyl groups is 1. The van der Waals surface area contributed by atoms with Crippen LogP contribution in [0.25, 0.3) is 22.3 Å². The molecule has 1 aromatic heterocycles. The number of unbranched alkanes of at least 4 members (excludes halogenated alkanes) is 1. The zero-order chi connectivity index (χ0) is 33.7. The summed E-state index contributed by atoms with van der Waals surface area (Å²) in [7, 11) is 1.54. The maximum absolute atomic E-state index is 14.2. The van der Waals surface area contributed by atoms with Crippen LogP contribution in [0.4, 0.5) is 0 Å². The van der Waals surface area contributed by atoms with Crippen molar-refractivity contribution in [3.8, 4) is 34.3 Å². The van der Waals surface area contributed by atoms with E-state index in [-0.39, 0.29) is 28.2 Å². The van der Waals surface area contributed by atoms with E-state index in [9.17, 15) is 25.2 Å². The smallest absolute Gasteiger partial charge is 0.239 e. The van der Waals surface area contributed by atoms with Gasteiger partial charge in [-0.3, -0.25) is 4.79 Å². The number of aliphatic hydroxyl groups is 3. The minimum absolute atomic E-state index is 0.0141. The number of methoxy groups -OCH3 is 1. The van der Waals surface area contributed by atoms with Gasteiger partial charge < -0.3 is 54.0 Å². The van der Waals surface area contributed by atoms with Gasteiger partial charge in [0.2, 0.25) is 17.5 Å². The number of piperazine rings is 1.